The average Bonchev–Trinajstić information content (AvgIpc) is 2.69. The number of carbonyl (C=O) groups excluding carboxylic acids is 1. The molecule has 0 N–H and O–H groups in total. The summed E-state index contributed by atoms with van der Waals surface area (Å²) in [4.78, 5) is 17.8. The molecule has 0 radical (unpaired) electrons. The Morgan fingerprint density at radius 3 is 2.83 bits per heavy atom. The van der Waals surface area contributed by atoms with Crippen LogP contribution < -0.4 is 4.90 Å². The molecule has 2 amide bonds. The van der Waals surface area contributed by atoms with Gasteiger partial charge in [0, 0.05) is 13.6 Å². The highest BCUT2D eigenvalue weighted by Gasteiger charge is 2.29. The summed E-state index contributed by atoms with van der Waals surface area (Å²) in [7, 11) is 1.81. The van der Waals surface area contributed by atoms with Crippen molar-refractivity contribution in [3.05, 3.63) is 23.9 Å². The number of urea groups is 1. The number of carbonyl (C=O) groups is 1. The first-order valence-corrected chi connectivity index (χ1v) is 6.57. The molecule has 0 bridgehead atoms. The number of aryl methyl sites for hydroxylation is 1. The molecule has 18 heavy (non-hydrogen) atoms. The third-order valence-electron chi connectivity index (χ3n) is 2.69. The normalized spacial score (nSPS) is 17.4. The van der Waals surface area contributed by atoms with Crippen LogP contribution in [0.3, 0.4) is 0 Å². The molecular formula is C12H18N4OS. The highest BCUT2D eigenvalue weighted by atomic mass is 32.1. The van der Waals surface area contributed by atoms with Gasteiger partial charge in [-0.3, -0.25) is 9.80 Å². The van der Waals surface area contributed by atoms with Gasteiger partial charge in [-0.25, -0.2) is 4.79 Å². The molecule has 98 valence electrons. The molecule has 0 unspecified atom stereocenters. The predicted molar refractivity (Wildman–Crippen MR) is 73.7 cm³/mol. The number of hydrogen-bond acceptors (Lipinski definition) is 4. The van der Waals surface area contributed by atoms with Crippen LogP contribution in [0.15, 0.2) is 18.2 Å². The molecule has 0 spiro atoms. The molecular weight excluding hydrogens is 248 g/mol. The zero-order chi connectivity index (χ0) is 13.3. The van der Waals surface area contributed by atoms with E-state index in [0.29, 0.717) is 13.3 Å². The van der Waals surface area contributed by atoms with Crippen molar-refractivity contribution in [3.8, 4) is 0 Å². The van der Waals surface area contributed by atoms with E-state index in [4.69, 9.17) is 0 Å². The lowest BCUT2D eigenvalue weighted by Gasteiger charge is -2.39. The van der Waals surface area contributed by atoms with Gasteiger partial charge in [-0.05, 0) is 31.4 Å². The number of hydrogen-bond donors (Lipinski definition) is 0. The number of amides is 2. The second-order valence-electron chi connectivity index (χ2n) is 4.78. The summed E-state index contributed by atoms with van der Waals surface area (Å²) in [5.41, 5.74) is 2.04. The molecule has 1 saturated heterocycles. The fraction of sp³-hybridized carbons (Fsp3) is 0.500. The van der Waals surface area contributed by atoms with Crippen molar-refractivity contribution in [3.63, 3.8) is 0 Å². The predicted octanol–water partition coefficient (Wildman–Crippen LogP) is 2.12. The van der Waals surface area contributed by atoms with E-state index in [2.05, 4.69) is 15.9 Å². The molecule has 1 aliphatic rings. The van der Waals surface area contributed by atoms with Crippen LogP contribution >= 0.6 is 11.5 Å². The third kappa shape index (κ3) is 2.70. The molecule has 2 heterocycles. The lowest BCUT2D eigenvalue weighted by molar-refractivity contribution is 0.137. The molecule has 6 heteroatoms. The maximum atomic E-state index is 12.1. The summed E-state index contributed by atoms with van der Waals surface area (Å²) < 4.78 is 4.23. The van der Waals surface area contributed by atoms with Crippen molar-refractivity contribution in [1.29, 1.82) is 0 Å². The van der Waals surface area contributed by atoms with Crippen LogP contribution in [0.2, 0.25) is 0 Å². The quantitative estimate of drug-likeness (QED) is 0.787. The lowest BCUT2D eigenvalue weighted by atomic mass is 10.3. The maximum Gasteiger partial charge on any atom is 0.327 e. The molecule has 2 rings (SSSR count). The van der Waals surface area contributed by atoms with Gasteiger partial charge in [-0.15, -0.1) is 0 Å². The van der Waals surface area contributed by atoms with E-state index in [1.165, 1.54) is 11.5 Å². The van der Waals surface area contributed by atoms with Gasteiger partial charge in [-0.1, -0.05) is 12.2 Å². The molecule has 0 aromatic carbocycles. The van der Waals surface area contributed by atoms with Gasteiger partial charge in [0.25, 0.3) is 0 Å². The third-order valence-corrected chi connectivity index (χ3v) is 3.59. The Morgan fingerprint density at radius 1 is 1.56 bits per heavy atom. The molecule has 0 aliphatic carbocycles. The summed E-state index contributed by atoms with van der Waals surface area (Å²) in [5, 5.41) is 0.899. The Balaban J connectivity index is 2.17. The Labute approximate surface area is 111 Å². The van der Waals surface area contributed by atoms with Crippen LogP contribution in [0.4, 0.5) is 9.80 Å². The Morgan fingerprint density at radius 2 is 2.28 bits per heavy atom. The Kier molecular flexibility index (Phi) is 3.68. The number of nitrogens with zero attached hydrogens (tertiary/aromatic N) is 4. The van der Waals surface area contributed by atoms with E-state index < -0.39 is 0 Å². The maximum absolute atomic E-state index is 12.1. The Hall–Kier alpha value is -1.40. The van der Waals surface area contributed by atoms with Gasteiger partial charge < -0.3 is 4.90 Å². The van der Waals surface area contributed by atoms with Crippen LogP contribution in [0.5, 0.6) is 0 Å². The van der Waals surface area contributed by atoms with Gasteiger partial charge in [0.15, 0.2) is 0 Å². The first kappa shape index (κ1) is 13.0. The smallest absolute Gasteiger partial charge is 0.314 e. The molecule has 1 aromatic rings. The zero-order valence-electron chi connectivity index (χ0n) is 11.0. The lowest BCUT2D eigenvalue weighted by Crippen LogP contribution is -2.57. The first-order chi connectivity index (χ1) is 8.47. The molecule has 1 aliphatic heterocycles. The molecule has 5 nitrogen and oxygen atoms in total. The average molecular weight is 266 g/mol. The van der Waals surface area contributed by atoms with E-state index in [1.807, 2.05) is 27.0 Å². The minimum absolute atomic E-state index is 0.0246. The number of anilines is 1. The topological polar surface area (TPSA) is 39.7 Å². The number of aromatic nitrogens is 1. The van der Waals surface area contributed by atoms with Crippen molar-refractivity contribution in [1.82, 2.24) is 14.2 Å². The van der Waals surface area contributed by atoms with Gasteiger partial charge in [0.2, 0.25) is 0 Å². The van der Waals surface area contributed by atoms with E-state index in [-0.39, 0.29) is 6.03 Å². The molecule has 0 atom stereocenters. The molecule has 1 fully saturated rings. The fourth-order valence-electron chi connectivity index (χ4n) is 1.99. The van der Waals surface area contributed by atoms with Crippen LogP contribution in [0.1, 0.15) is 12.6 Å². The monoisotopic (exact) mass is 266 g/mol. The van der Waals surface area contributed by atoms with E-state index in [1.54, 1.807) is 9.80 Å². The van der Waals surface area contributed by atoms with Crippen molar-refractivity contribution in [2.24, 2.45) is 0 Å². The fourth-order valence-corrected chi connectivity index (χ4v) is 2.74. The van der Waals surface area contributed by atoms with Gasteiger partial charge in [0.1, 0.15) is 5.00 Å². The molecule has 1 aromatic heterocycles. The highest BCUT2D eigenvalue weighted by Crippen LogP contribution is 2.25. The first-order valence-electron chi connectivity index (χ1n) is 5.80. The van der Waals surface area contributed by atoms with Gasteiger partial charge in [-0.2, -0.15) is 4.37 Å². The Bertz CT molecular complexity index is 470. The zero-order valence-corrected chi connectivity index (χ0v) is 11.8. The summed E-state index contributed by atoms with van der Waals surface area (Å²) in [6.45, 7) is 9.89. The largest absolute Gasteiger partial charge is 0.327 e. The van der Waals surface area contributed by atoms with Crippen molar-refractivity contribution in [2.75, 3.05) is 31.8 Å². The summed E-state index contributed by atoms with van der Waals surface area (Å²) in [6.07, 6.45) is 0. The minimum Gasteiger partial charge on any atom is -0.314 e. The van der Waals surface area contributed by atoms with Crippen molar-refractivity contribution >= 4 is 22.6 Å². The van der Waals surface area contributed by atoms with Crippen molar-refractivity contribution < 1.29 is 4.79 Å². The van der Waals surface area contributed by atoms with Gasteiger partial charge >= 0.3 is 6.03 Å². The van der Waals surface area contributed by atoms with Crippen LogP contribution in [0.25, 0.3) is 0 Å². The SMILES string of the molecule is C=C(C)CN1CN(C)C(=O)N(c2cc(C)ns2)C1. The summed E-state index contributed by atoms with van der Waals surface area (Å²) in [5.74, 6) is 0. The van der Waals surface area contributed by atoms with Crippen molar-refractivity contribution in [2.45, 2.75) is 13.8 Å². The molecule has 0 saturated carbocycles. The van der Waals surface area contributed by atoms with E-state index >= 15 is 0 Å². The number of rotatable bonds is 3. The highest BCUT2D eigenvalue weighted by molar-refractivity contribution is 7.10. The van der Waals surface area contributed by atoms with Gasteiger partial charge in [0.05, 0.1) is 19.0 Å². The van der Waals surface area contributed by atoms with Crippen LogP contribution in [0, 0.1) is 6.92 Å². The second kappa shape index (κ2) is 5.07. The van der Waals surface area contributed by atoms with Crippen LogP contribution in [-0.2, 0) is 0 Å². The van der Waals surface area contributed by atoms with E-state index in [0.717, 1.165) is 22.8 Å². The second-order valence-corrected chi connectivity index (χ2v) is 5.57. The van der Waals surface area contributed by atoms with E-state index in [9.17, 15) is 4.79 Å². The standard InChI is InChI=1S/C12H18N4OS/c1-9(2)6-15-7-14(4)12(17)16(8-15)11-5-10(3)13-18-11/h5H,1,6-8H2,2-4H3. The summed E-state index contributed by atoms with van der Waals surface area (Å²) in [6, 6.07) is 1.97. The summed E-state index contributed by atoms with van der Waals surface area (Å²) >= 11 is 1.36. The van der Waals surface area contributed by atoms with Crippen LogP contribution in [-0.4, -0.2) is 47.1 Å². The minimum atomic E-state index is 0.0246.